The van der Waals surface area contributed by atoms with Gasteiger partial charge in [0.05, 0.1) is 5.52 Å². The van der Waals surface area contributed by atoms with Gasteiger partial charge in [-0.15, -0.1) is 0 Å². The fraction of sp³-hybridized carbons (Fsp3) is 0. The molecule has 0 spiro atoms. The topological polar surface area (TPSA) is 28.7 Å². The largest absolute Gasteiger partial charge is 0.277 e. The van der Waals surface area contributed by atoms with Gasteiger partial charge in [-0.25, -0.2) is 0 Å². The summed E-state index contributed by atoms with van der Waals surface area (Å²) in [4.78, 5) is 0. The number of H-pyrrole nitrogens is 1. The molecule has 0 unspecified atom stereocenters. The Morgan fingerprint density at radius 2 is 2.27 bits per heavy atom. The third kappa shape index (κ3) is 1.05. The first-order valence-electron chi connectivity index (χ1n) is 3.38. The molecule has 0 saturated carbocycles. The Labute approximate surface area is 78.9 Å². The van der Waals surface area contributed by atoms with Crippen LogP contribution in [0.15, 0.2) is 18.2 Å². The van der Waals surface area contributed by atoms with Crippen molar-refractivity contribution in [2.45, 2.75) is 0 Å². The van der Waals surface area contributed by atoms with Crippen molar-refractivity contribution in [3.63, 3.8) is 0 Å². The number of hydrogen-bond acceptors (Lipinski definition) is 1. The molecule has 0 radical (unpaired) electrons. The van der Waals surface area contributed by atoms with Crippen molar-refractivity contribution in [3.8, 4) is 0 Å². The van der Waals surface area contributed by atoms with Gasteiger partial charge >= 0.3 is 0 Å². The Morgan fingerprint density at radius 1 is 1.45 bits per heavy atom. The highest BCUT2D eigenvalue weighted by atomic mass is 127. The van der Waals surface area contributed by atoms with Crippen LogP contribution in [-0.4, -0.2) is 18.0 Å². The van der Waals surface area contributed by atoms with E-state index in [1.54, 1.807) is 0 Å². The van der Waals surface area contributed by atoms with Crippen LogP contribution in [0.1, 0.15) is 0 Å². The van der Waals surface area contributed by atoms with Crippen LogP contribution < -0.4 is 5.46 Å². The van der Waals surface area contributed by atoms with Crippen molar-refractivity contribution in [2.24, 2.45) is 0 Å². The van der Waals surface area contributed by atoms with Gasteiger partial charge in [-0.05, 0) is 22.6 Å². The van der Waals surface area contributed by atoms with E-state index >= 15 is 0 Å². The van der Waals surface area contributed by atoms with Crippen molar-refractivity contribution in [1.29, 1.82) is 0 Å². The van der Waals surface area contributed by atoms with Crippen LogP contribution in [-0.2, 0) is 0 Å². The smallest absolute Gasteiger partial charge is 0.142 e. The quantitative estimate of drug-likeness (QED) is 0.537. The lowest BCUT2D eigenvalue weighted by Crippen LogP contribution is -2.02. The molecule has 0 atom stereocenters. The van der Waals surface area contributed by atoms with Crippen LogP contribution in [0.4, 0.5) is 0 Å². The number of halogens is 1. The van der Waals surface area contributed by atoms with Crippen LogP contribution in [0.25, 0.3) is 10.9 Å². The monoisotopic (exact) mass is 256 g/mol. The summed E-state index contributed by atoms with van der Waals surface area (Å²) in [6.07, 6.45) is 0. The number of para-hydroxylation sites is 1. The van der Waals surface area contributed by atoms with Gasteiger partial charge in [0.25, 0.3) is 0 Å². The molecule has 2 rings (SSSR count). The van der Waals surface area contributed by atoms with E-state index in [-0.39, 0.29) is 0 Å². The van der Waals surface area contributed by atoms with Crippen LogP contribution in [0.2, 0.25) is 0 Å². The van der Waals surface area contributed by atoms with Crippen molar-refractivity contribution in [1.82, 2.24) is 10.2 Å². The van der Waals surface area contributed by atoms with E-state index in [1.807, 2.05) is 0 Å². The van der Waals surface area contributed by atoms with E-state index in [0.717, 1.165) is 9.22 Å². The maximum atomic E-state index is 4.12. The molecule has 0 amide bonds. The van der Waals surface area contributed by atoms with Crippen LogP contribution >= 0.6 is 22.6 Å². The fourth-order valence-electron chi connectivity index (χ4n) is 1.15. The van der Waals surface area contributed by atoms with Crippen LogP contribution in [0.5, 0.6) is 0 Å². The highest BCUT2D eigenvalue weighted by Gasteiger charge is 2.01. The number of fused-ring (bicyclic) bond motifs is 1. The van der Waals surface area contributed by atoms with E-state index < -0.39 is 0 Å². The lowest BCUT2D eigenvalue weighted by atomic mass is 9.94. The molecule has 0 aliphatic rings. The number of rotatable bonds is 0. The average Bonchev–Trinajstić information content (AvgIpc) is 2.35. The number of benzene rings is 1. The third-order valence-corrected chi connectivity index (χ3v) is 2.58. The van der Waals surface area contributed by atoms with Gasteiger partial charge in [-0.1, -0.05) is 23.7 Å². The zero-order valence-corrected chi connectivity index (χ0v) is 8.21. The van der Waals surface area contributed by atoms with Gasteiger partial charge < -0.3 is 0 Å². The molecule has 0 aliphatic carbocycles. The number of hydrogen-bond donors (Lipinski definition) is 1. The highest BCUT2D eigenvalue weighted by Crippen LogP contribution is 2.14. The van der Waals surface area contributed by atoms with E-state index in [4.69, 9.17) is 0 Å². The second-order valence-electron chi connectivity index (χ2n) is 2.51. The number of aromatic amines is 1. The minimum atomic E-state index is 1.04. The van der Waals surface area contributed by atoms with E-state index in [9.17, 15) is 0 Å². The SMILES string of the molecule is Bc1cccc2c(I)n[nH]c12. The molecule has 0 fully saturated rings. The lowest BCUT2D eigenvalue weighted by Gasteiger charge is -1.92. The molecule has 1 N–H and O–H groups in total. The molecule has 0 bridgehead atoms. The van der Waals surface area contributed by atoms with Crippen molar-refractivity contribution < 1.29 is 0 Å². The molecular weight excluding hydrogens is 250 g/mol. The summed E-state index contributed by atoms with van der Waals surface area (Å²) in [6, 6.07) is 6.21. The van der Waals surface area contributed by atoms with Crippen LogP contribution in [0, 0.1) is 3.70 Å². The van der Waals surface area contributed by atoms with E-state index in [0.29, 0.717) is 0 Å². The highest BCUT2D eigenvalue weighted by molar-refractivity contribution is 14.1. The summed E-state index contributed by atoms with van der Waals surface area (Å²) < 4.78 is 1.04. The Balaban J connectivity index is 2.94. The molecule has 1 heterocycles. The molecule has 0 aliphatic heterocycles. The van der Waals surface area contributed by atoms with Gasteiger partial charge in [0, 0.05) is 5.39 Å². The third-order valence-electron chi connectivity index (χ3n) is 1.76. The van der Waals surface area contributed by atoms with E-state index in [2.05, 4.69) is 58.8 Å². The van der Waals surface area contributed by atoms with Crippen LogP contribution in [0.3, 0.4) is 0 Å². The van der Waals surface area contributed by atoms with Gasteiger partial charge in [-0.2, -0.15) is 5.10 Å². The van der Waals surface area contributed by atoms with Crippen molar-refractivity contribution in [3.05, 3.63) is 21.9 Å². The normalized spacial score (nSPS) is 10.6. The summed E-state index contributed by atoms with van der Waals surface area (Å²) in [5, 5.41) is 8.33. The number of aromatic nitrogens is 2. The summed E-state index contributed by atoms with van der Waals surface area (Å²) in [6.45, 7) is 0. The second kappa shape index (κ2) is 2.51. The predicted molar refractivity (Wildman–Crippen MR) is 57.0 cm³/mol. The molecule has 4 heteroatoms. The first-order valence-corrected chi connectivity index (χ1v) is 4.46. The Bertz CT molecular complexity index is 396. The van der Waals surface area contributed by atoms with E-state index in [1.165, 1.54) is 10.8 Å². The lowest BCUT2D eigenvalue weighted by molar-refractivity contribution is 1.09. The van der Waals surface area contributed by atoms with Gasteiger partial charge in [0.15, 0.2) is 0 Å². The minimum absolute atomic E-state index is 1.04. The summed E-state index contributed by atoms with van der Waals surface area (Å²) in [5.74, 6) is 0. The molecule has 11 heavy (non-hydrogen) atoms. The van der Waals surface area contributed by atoms with Gasteiger partial charge in [-0.3, -0.25) is 5.10 Å². The molecule has 1 aromatic carbocycles. The fourth-order valence-corrected chi connectivity index (χ4v) is 1.72. The second-order valence-corrected chi connectivity index (χ2v) is 3.53. The summed E-state index contributed by atoms with van der Waals surface area (Å²) >= 11 is 2.23. The number of nitrogens with one attached hydrogen (secondary N) is 1. The summed E-state index contributed by atoms with van der Waals surface area (Å²) in [5.41, 5.74) is 2.40. The molecule has 2 aromatic rings. The summed E-state index contributed by atoms with van der Waals surface area (Å²) in [7, 11) is 2.08. The van der Waals surface area contributed by atoms with Crippen molar-refractivity contribution in [2.75, 3.05) is 0 Å². The van der Waals surface area contributed by atoms with Gasteiger partial charge in [0.1, 0.15) is 11.5 Å². The molecule has 1 aromatic heterocycles. The van der Waals surface area contributed by atoms with Crippen molar-refractivity contribution >= 4 is 46.8 Å². The predicted octanol–water partition coefficient (Wildman–Crippen LogP) is 0.426. The Hall–Kier alpha value is -0.515. The first kappa shape index (κ1) is 7.15. The molecule has 54 valence electrons. The first-order chi connectivity index (χ1) is 5.29. The zero-order valence-electron chi connectivity index (χ0n) is 6.06. The standard InChI is InChI=1S/C7H6BIN2/c8-5-3-1-2-4-6(5)10-11-7(4)9/h1-3H,8H2,(H,10,11). The molecular formula is C7H6BIN2. The average molecular weight is 256 g/mol. The Kier molecular flexibility index (Phi) is 1.63. The minimum Gasteiger partial charge on any atom is -0.277 e. The molecule has 0 saturated heterocycles. The number of nitrogens with zero attached hydrogens (tertiary/aromatic N) is 1. The maximum absolute atomic E-state index is 4.12. The maximum Gasteiger partial charge on any atom is 0.142 e. The molecule has 2 nitrogen and oxygen atoms in total. The zero-order chi connectivity index (χ0) is 7.84. The Morgan fingerprint density at radius 3 is 3.00 bits per heavy atom. The van der Waals surface area contributed by atoms with Gasteiger partial charge in [0.2, 0.25) is 0 Å².